The van der Waals surface area contributed by atoms with E-state index in [9.17, 15) is 13.2 Å². The van der Waals surface area contributed by atoms with Crippen LogP contribution >= 0.6 is 0 Å². The molecule has 1 heterocycles. The molecule has 2 aromatic rings. The van der Waals surface area contributed by atoms with Gasteiger partial charge >= 0.3 is 0 Å². The summed E-state index contributed by atoms with van der Waals surface area (Å²) in [5, 5.41) is 3.13. The SMILES string of the molecule is O=C(NC1CCCCC1)c1ccc(-c2ccc(S(=O)(=O)N3CCCC3)cc2)cc1. The quantitative estimate of drug-likeness (QED) is 0.800. The van der Waals surface area contributed by atoms with E-state index >= 15 is 0 Å². The molecule has 1 saturated carbocycles. The lowest BCUT2D eigenvalue weighted by Crippen LogP contribution is -2.36. The molecule has 1 saturated heterocycles. The monoisotopic (exact) mass is 412 g/mol. The zero-order valence-electron chi connectivity index (χ0n) is 16.6. The second-order valence-electron chi connectivity index (χ2n) is 8.02. The first-order valence-electron chi connectivity index (χ1n) is 10.6. The number of benzene rings is 2. The van der Waals surface area contributed by atoms with Crippen LogP contribution < -0.4 is 5.32 Å². The van der Waals surface area contributed by atoms with Crippen molar-refractivity contribution in [2.24, 2.45) is 0 Å². The summed E-state index contributed by atoms with van der Waals surface area (Å²) in [4.78, 5) is 12.8. The van der Waals surface area contributed by atoms with Crippen molar-refractivity contribution in [2.45, 2.75) is 55.9 Å². The molecule has 1 N–H and O–H groups in total. The summed E-state index contributed by atoms with van der Waals surface area (Å²) < 4.78 is 26.9. The lowest BCUT2D eigenvalue weighted by molar-refractivity contribution is 0.0927. The van der Waals surface area contributed by atoms with Crippen LogP contribution in [0.2, 0.25) is 0 Å². The molecule has 1 aliphatic carbocycles. The van der Waals surface area contributed by atoms with Gasteiger partial charge in [0.25, 0.3) is 5.91 Å². The Morgan fingerprint density at radius 3 is 1.93 bits per heavy atom. The minimum Gasteiger partial charge on any atom is -0.349 e. The Labute approximate surface area is 173 Å². The maximum atomic E-state index is 12.6. The van der Waals surface area contributed by atoms with E-state index < -0.39 is 10.0 Å². The second kappa shape index (κ2) is 8.67. The Morgan fingerprint density at radius 1 is 0.793 bits per heavy atom. The molecule has 0 radical (unpaired) electrons. The van der Waals surface area contributed by atoms with Crippen molar-refractivity contribution in [2.75, 3.05) is 13.1 Å². The molecular weight excluding hydrogens is 384 g/mol. The predicted octanol–water partition coefficient (Wildman–Crippen LogP) is 4.20. The van der Waals surface area contributed by atoms with E-state index in [2.05, 4.69) is 5.32 Å². The van der Waals surface area contributed by atoms with Crippen LogP contribution in [-0.2, 0) is 10.0 Å². The number of amides is 1. The summed E-state index contributed by atoms with van der Waals surface area (Å²) in [6.45, 7) is 1.21. The third kappa shape index (κ3) is 4.54. The summed E-state index contributed by atoms with van der Waals surface area (Å²) in [5.41, 5.74) is 2.56. The van der Waals surface area contributed by atoms with Gasteiger partial charge in [0.2, 0.25) is 10.0 Å². The highest BCUT2D eigenvalue weighted by Gasteiger charge is 2.27. The smallest absolute Gasteiger partial charge is 0.251 e. The lowest BCUT2D eigenvalue weighted by Gasteiger charge is -2.22. The van der Waals surface area contributed by atoms with E-state index in [1.807, 2.05) is 36.4 Å². The number of hydrogen-bond acceptors (Lipinski definition) is 3. The molecule has 4 rings (SSSR count). The van der Waals surface area contributed by atoms with Crippen LogP contribution in [0, 0.1) is 0 Å². The van der Waals surface area contributed by atoms with Gasteiger partial charge in [0.05, 0.1) is 4.90 Å². The van der Waals surface area contributed by atoms with Crippen LogP contribution in [0.25, 0.3) is 11.1 Å². The van der Waals surface area contributed by atoms with Gasteiger partial charge in [-0.25, -0.2) is 8.42 Å². The van der Waals surface area contributed by atoms with Gasteiger partial charge in [-0.15, -0.1) is 0 Å². The maximum Gasteiger partial charge on any atom is 0.251 e. The third-order valence-electron chi connectivity index (χ3n) is 5.98. The molecule has 2 aliphatic rings. The zero-order chi connectivity index (χ0) is 20.3. The van der Waals surface area contributed by atoms with Crippen LogP contribution in [-0.4, -0.2) is 37.8 Å². The fourth-order valence-corrected chi connectivity index (χ4v) is 5.74. The molecule has 0 unspecified atom stereocenters. The van der Waals surface area contributed by atoms with Crippen LogP contribution in [0.1, 0.15) is 55.3 Å². The Hall–Kier alpha value is -2.18. The summed E-state index contributed by atoms with van der Waals surface area (Å²) in [7, 11) is -3.39. The highest BCUT2D eigenvalue weighted by atomic mass is 32.2. The topological polar surface area (TPSA) is 66.5 Å². The van der Waals surface area contributed by atoms with Crippen molar-refractivity contribution in [3.63, 3.8) is 0 Å². The molecule has 0 atom stereocenters. The molecule has 2 aromatic carbocycles. The molecule has 0 bridgehead atoms. The largest absolute Gasteiger partial charge is 0.349 e. The average molecular weight is 413 g/mol. The van der Waals surface area contributed by atoms with E-state index in [1.165, 1.54) is 19.3 Å². The van der Waals surface area contributed by atoms with Gasteiger partial charge in [0.1, 0.15) is 0 Å². The minimum absolute atomic E-state index is 0.0181. The average Bonchev–Trinajstić information content (AvgIpc) is 3.31. The Morgan fingerprint density at radius 2 is 1.34 bits per heavy atom. The van der Waals surface area contributed by atoms with Crippen LogP contribution in [0.4, 0.5) is 0 Å². The van der Waals surface area contributed by atoms with Gasteiger partial charge in [-0.2, -0.15) is 4.31 Å². The number of rotatable bonds is 5. The minimum atomic E-state index is -3.39. The number of nitrogens with one attached hydrogen (secondary N) is 1. The van der Waals surface area contributed by atoms with Crippen LogP contribution in [0.5, 0.6) is 0 Å². The number of sulfonamides is 1. The van der Waals surface area contributed by atoms with Crippen molar-refractivity contribution in [1.29, 1.82) is 0 Å². The molecule has 0 spiro atoms. The van der Waals surface area contributed by atoms with E-state index in [1.54, 1.807) is 16.4 Å². The summed E-state index contributed by atoms with van der Waals surface area (Å²) >= 11 is 0. The number of nitrogens with zero attached hydrogens (tertiary/aromatic N) is 1. The normalized spacial score (nSPS) is 18.6. The summed E-state index contributed by atoms with van der Waals surface area (Å²) in [6.07, 6.45) is 7.63. The molecular formula is C23H28N2O3S. The van der Waals surface area contributed by atoms with Crippen molar-refractivity contribution in [1.82, 2.24) is 9.62 Å². The first kappa shape index (κ1) is 20.1. The Bertz CT molecular complexity index is 941. The Kier molecular flexibility index (Phi) is 6.01. The van der Waals surface area contributed by atoms with Gasteiger partial charge < -0.3 is 5.32 Å². The molecule has 2 fully saturated rings. The fraction of sp³-hybridized carbons (Fsp3) is 0.435. The summed E-state index contributed by atoms with van der Waals surface area (Å²) in [5.74, 6) is -0.0181. The molecule has 6 heteroatoms. The highest BCUT2D eigenvalue weighted by molar-refractivity contribution is 7.89. The van der Waals surface area contributed by atoms with Crippen LogP contribution in [0.3, 0.4) is 0 Å². The predicted molar refractivity (Wildman–Crippen MR) is 114 cm³/mol. The standard InChI is InChI=1S/C23H28N2O3S/c26-23(24-21-6-2-1-3-7-21)20-10-8-18(9-11-20)19-12-14-22(15-13-19)29(27,28)25-16-4-5-17-25/h8-15,21H,1-7,16-17H2,(H,24,26). The van der Waals surface area contributed by atoms with E-state index in [0.29, 0.717) is 29.6 Å². The van der Waals surface area contributed by atoms with Crippen molar-refractivity contribution in [3.8, 4) is 11.1 Å². The number of carbonyl (C=O) groups is 1. The third-order valence-corrected chi connectivity index (χ3v) is 7.89. The van der Waals surface area contributed by atoms with Crippen molar-refractivity contribution < 1.29 is 13.2 Å². The molecule has 154 valence electrons. The molecule has 1 aliphatic heterocycles. The van der Waals surface area contributed by atoms with Gasteiger partial charge in [0, 0.05) is 24.7 Å². The van der Waals surface area contributed by atoms with Gasteiger partial charge in [-0.1, -0.05) is 43.5 Å². The summed E-state index contributed by atoms with van der Waals surface area (Å²) in [6, 6.07) is 14.8. The van der Waals surface area contributed by atoms with Gasteiger partial charge in [0.15, 0.2) is 0 Å². The molecule has 5 nitrogen and oxygen atoms in total. The fourth-order valence-electron chi connectivity index (χ4n) is 4.23. The van der Waals surface area contributed by atoms with Gasteiger partial charge in [-0.3, -0.25) is 4.79 Å². The van der Waals surface area contributed by atoms with E-state index in [4.69, 9.17) is 0 Å². The molecule has 29 heavy (non-hydrogen) atoms. The van der Waals surface area contributed by atoms with Crippen LogP contribution in [0.15, 0.2) is 53.4 Å². The maximum absolute atomic E-state index is 12.6. The highest BCUT2D eigenvalue weighted by Crippen LogP contribution is 2.25. The molecule has 0 aromatic heterocycles. The zero-order valence-corrected chi connectivity index (χ0v) is 17.5. The first-order chi connectivity index (χ1) is 14.0. The van der Waals surface area contributed by atoms with Gasteiger partial charge in [-0.05, 0) is 61.1 Å². The Balaban J connectivity index is 1.44. The molecule has 1 amide bonds. The van der Waals surface area contributed by atoms with Crippen molar-refractivity contribution in [3.05, 3.63) is 54.1 Å². The number of hydrogen-bond donors (Lipinski definition) is 1. The number of carbonyl (C=O) groups excluding carboxylic acids is 1. The van der Waals surface area contributed by atoms with Crippen molar-refractivity contribution >= 4 is 15.9 Å². The van der Waals surface area contributed by atoms with E-state index in [-0.39, 0.29) is 5.91 Å². The first-order valence-corrected chi connectivity index (χ1v) is 12.0. The lowest BCUT2D eigenvalue weighted by atomic mass is 9.95. The van der Waals surface area contributed by atoms with E-state index in [0.717, 1.165) is 36.8 Å². The second-order valence-corrected chi connectivity index (χ2v) is 9.96.